The van der Waals surface area contributed by atoms with Crippen molar-refractivity contribution >= 4 is 17.0 Å². The average Bonchev–Trinajstić information content (AvgIpc) is 2.86. The van der Waals surface area contributed by atoms with Crippen molar-refractivity contribution in [2.45, 2.75) is 13.0 Å². The maximum atomic E-state index is 5.60. The van der Waals surface area contributed by atoms with Crippen molar-refractivity contribution in [3.8, 4) is 0 Å². The van der Waals surface area contributed by atoms with Crippen LogP contribution in [0.5, 0.6) is 0 Å². The first-order chi connectivity index (χ1) is 9.31. The van der Waals surface area contributed by atoms with E-state index in [4.69, 9.17) is 5.84 Å². The van der Waals surface area contributed by atoms with Crippen molar-refractivity contribution < 1.29 is 0 Å². The predicted molar refractivity (Wildman–Crippen MR) is 77.8 cm³/mol. The number of hydrazine groups is 1. The highest BCUT2D eigenvalue weighted by Crippen LogP contribution is 2.27. The first-order valence-electron chi connectivity index (χ1n) is 6.30. The van der Waals surface area contributed by atoms with Crippen LogP contribution in [0.25, 0.3) is 11.0 Å². The zero-order valence-corrected chi connectivity index (χ0v) is 10.7. The van der Waals surface area contributed by atoms with Gasteiger partial charge in [0.2, 0.25) is 5.95 Å². The van der Waals surface area contributed by atoms with Gasteiger partial charge in [0.05, 0.1) is 17.1 Å². The number of nitrogens with one attached hydrogen (secondary N) is 1. The second-order valence-electron chi connectivity index (χ2n) is 4.53. The molecule has 0 amide bonds. The minimum absolute atomic E-state index is 0.166. The number of para-hydroxylation sites is 2. The lowest BCUT2D eigenvalue weighted by atomic mass is 10.1. The second kappa shape index (κ2) is 4.74. The van der Waals surface area contributed by atoms with Gasteiger partial charge in [-0.1, -0.05) is 42.5 Å². The van der Waals surface area contributed by atoms with Crippen molar-refractivity contribution in [3.05, 3.63) is 60.2 Å². The molecule has 19 heavy (non-hydrogen) atoms. The van der Waals surface area contributed by atoms with E-state index in [1.807, 2.05) is 36.4 Å². The standard InChI is InChI=1S/C15H16N4/c1-11(12-7-3-2-4-8-12)19-14-10-6-5-9-13(14)17-15(19)18-16/h2-11H,16H2,1H3,(H,17,18). The fourth-order valence-electron chi connectivity index (χ4n) is 2.42. The number of nitrogens with zero attached hydrogens (tertiary/aromatic N) is 2. The van der Waals surface area contributed by atoms with Crippen LogP contribution in [-0.4, -0.2) is 9.55 Å². The molecule has 0 bridgehead atoms. The lowest BCUT2D eigenvalue weighted by molar-refractivity contribution is 0.663. The largest absolute Gasteiger partial charge is 0.302 e. The van der Waals surface area contributed by atoms with Gasteiger partial charge in [-0.05, 0) is 24.6 Å². The number of nitrogens with two attached hydrogens (primary N) is 1. The van der Waals surface area contributed by atoms with Gasteiger partial charge in [0.15, 0.2) is 0 Å². The van der Waals surface area contributed by atoms with Gasteiger partial charge in [0.1, 0.15) is 0 Å². The molecule has 3 aromatic rings. The number of nitrogen functional groups attached to an aromatic ring is 1. The summed E-state index contributed by atoms with van der Waals surface area (Å²) >= 11 is 0. The normalized spacial score (nSPS) is 12.5. The Morgan fingerprint density at radius 1 is 1.05 bits per heavy atom. The molecule has 1 unspecified atom stereocenters. The van der Waals surface area contributed by atoms with E-state index in [-0.39, 0.29) is 6.04 Å². The molecule has 0 fully saturated rings. The molecule has 1 atom stereocenters. The van der Waals surface area contributed by atoms with E-state index in [1.54, 1.807) is 0 Å². The fourth-order valence-corrected chi connectivity index (χ4v) is 2.42. The number of benzene rings is 2. The van der Waals surface area contributed by atoms with Gasteiger partial charge in [-0.3, -0.25) is 5.43 Å². The van der Waals surface area contributed by atoms with E-state index in [0.717, 1.165) is 11.0 Å². The monoisotopic (exact) mass is 252 g/mol. The van der Waals surface area contributed by atoms with Crippen LogP contribution in [0, 0.1) is 0 Å². The van der Waals surface area contributed by atoms with E-state index in [1.165, 1.54) is 5.56 Å². The zero-order valence-electron chi connectivity index (χ0n) is 10.7. The molecular formula is C15H16N4. The van der Waals surface area contributed by atoms with Crippen LogP contribution in [0.2, 0.25) is 0 Å². The predicted octanol–water partition coefficient (Wildman–Crippen LogP) is 2.93. The number of hydrogen-bond donors (Lipinski definition) is 2. The topological polar surface area (TPSA) is 55.9 Å². The van der Waals surface area contributed by atoms with Gasteiger partial charge in [0, 0.05) is 0 Å². The van der Waals surface area contributed by atoms with Gasteiger partial charge >= 0.3 is 0 Å². The molecule has 3 N–H and O–H groups in total. The van der Waals surface area contributed by atoms with E-state index < -0.39 is 0 Å². The molecule has 96 valence electrons. The molecule has 2 aromatic carbocycles. The minimum atomic E-state index is 0.166. The highest BCUT2D eigenvalue weighted by Gasteiger charge is 2.16. The van der Waals surface area contributed by atoms with Crippen LogP contribution < -0.4 is 11.3 Å². The molecule has 0 saturated heterocycles. The summed E-state index contributed by atoms with van der Waals surface area (Å²) in [4.78, 5) is 4.50. The summed E-state index contributed by atoms with van der Waals surface area (Å²) < 4.78 is 2.12. The van der Waals surface area contributed by atoms with Crippen LogP contribution in [-0.2, 0) is 0 Å². The number of hydrogen-bond acceptors (Lipinski definition) is 3. The van der Waals surface area contributed by atoms with Gasteiger partial charge in [-0.25, -0.2) is 10.8 Å². The van der Waals surface area contributed by atoms with Crippen LogP contribution in [0.3, 0.4) is 0 Å². The molecule has 0 aliphatic rings. The first kappa shape index (κ1) is 11.7. The third-order valence-electron chi connectivity index (χ3n) is 3.39. The van der Waals surface area contributed by atoms with Crippen LogP contribution in [0.4, 0.5) is 5.95 Å². The number of fused-ring (bicyclic) bond motifs is 1. The fraction of sp³-hybridized carbons (Fsp3) is 0.133. The molecule has 0 radical (unpaired) electrons. The molecule has 1 heterocycles. The number of imidazole rings is 1. The van der Waals surface area contributed by atoms with Gasteiger partial charge in [-0.2, -0.15) is 0 Å². The quantitative estimate of drug-likeness (QED) is 0.556. The van der Waals surface area contributed by atoms with Crippen molar-refractivity contribution in [3.63, 3.8) is 0 Å². The second-order valence-corrected chi connectivity index (χ2v) is 4.53. The highest BCUT2D eigenvalue weighted by molar-refractivity contribution is 5.79. The Morgan fingerprint density at radius 2 is 1.74 bits per heavy atom. The van der Waals surface area contributed by atoms with Crippen LogP contribution in [0.1, 0.15) is 18.5 Å². The summed E-state index contributed by atoms with van der Waals surface area (Å²) in [7, 11) is 0. The Balaban J connectivity index is 2.18. The van der Waals surface area contributed by atoms with Crippen LogP contribution in [0.15, 0.2) is 54.6 Å². The van der Waals surface area contributed by atoms with Gasteiger partial charge in [-0.15, -0.1) is 0 Å². The molecule has 0 spiro atoms. The molecular weight excluding hydrogens is 236 g/mol. The SMILES string of the molecule is CC(c1ccccc1)n1c(NN)nc2ccccc21. The first-order valence-corrected chi connectivity index (χ1v) is 6.30. The Labute approximate surface area is 111 Å². The molecule has 3 rings (SSSR count). The van der Waals surface area contributed by atoms with Crippen molar-refractivity contribution in [2.24, 2.45) is 5.84 Å². The van der Waals surface area contributed by atoms with Crippen molar-refractivity contribution in [1.29, 1.82) is 0 Å². The van der Waals surface area contributed by atoms with Gasteiger partial charge in [0.25, 0.3) is 0 Å². The third kappa shape index (κ3) is 1.96. The summed E-state index contributed by atoms with van der Waals surface area (Å²) in [5.74, 6) is 6.28. The Bertz CT molecular complexity index is 688. The summed E-state index contributed by atoms with van der Waals surface area (Å²) in [6, 6.07) is 18.5. The highest BCUT2D eigenvalue weighted by atomic mass is 15.3. The van der Waals surface area contributed by atoms with E-state index >= 15 is 0 Å². The average molecular weight is 252 g/mol. The maximum Gasteiger partial charge on any atom is 0.218 e. The zero-order chi connectivity index (χ0) is 13.2. The van der Waals surface area contributed by atoms with Crippen molar-refractivity contribution in [1.82, 2.24) is 9.55 Å². The molecule has 0 saturated carbocycles. The lowest BCUT2D eigenvalue weighted by Gasteiger charge is -2.17. The summed E-state index contributed by atoms with van der Waals surface area (Å²) in [5.41, 5.74) is 5.93. The summed E-state index contributed by atoms with van der Waals surface area (Å²) in [5, 5.41) is 0. The molecule has 0 aliphatic heterocycles. The Hall–Kier alpha value is -2.33. The molecule has 1 aromatic heterocycles. The minimum Gasteiger partial charge on any atom is -0.302 e. The van der Waals surface area contributed by atoms with Crippen molar-refractivity contribution in [2.75, 3.05) is 5.43 Å². The summed E-state index contributed by atoms with van der Waals surface area (Å²) in [6.45, 7) is 2.14. The maximum absolute atomic E-state index is 5.60. The molecule has 4 heteroatoms. The number of anilines is 1. The Kier molecular flexibility index (Phi) is 2.93. The molecule has 4 nitrogen and oxygen atoms in total. The summed E-state index contributed by atoms with van der Waals surface area (Å²) in [6.07, 6.45) is 0. The number of aromatic nitrogens is 2. The van der Waals surface area contributed by atoms with Crippen LogP contribution >= 0.6 is 0 Å². The van der Waals surface area contributed by atoms with Gasteiger partial charge < -0.3 is 4.57 Å². The Morgan fingerprint density at radius 3 is 2.47 bits per heavy atom. The number of rotatable bonds is 3. The van der Waals surface area contributed by atoms with E-state index in [9.17, 15) is 0 Å². The van der Waals surface area contributed by atoms with E-state index in [2.05, 4.69) is 40.1 Å². The molecule has 0 aliphatic carbocycles. The third-order valence-corrected chi connectivity index (χ3v) is 3.39. The smallest absolute Gasteiger partial charge is 0.218 e. The van der Waals surface area contributed by atoms with E-state index in [0.29, 0.717) is 5.95 Å². The lowest BCUT2D eigenvalue weighted by Crippen LogP contribution is -2.16.